The predicted molar refractivity (Wildman–Crippen MR) is 115 cm³/mol. The minimum absolute atomic E-state index is 0.321. The molecule has 0 aliphatic heterocycles. The van der Waals surface area contributed by atoms with Gasteiger partial charge < -0.3 is 24.5 Å². The van der Waals surface area contributed by atoms with E-state index in [1.54, 1.807) is 22.9 Å². The van der Waals surface area contributed by atoms with E-state index in [0.717, 1.165) is 11.3 Å². The van der Waals surface area contributed by atoms with Crippen molar-refractivity contribution in [2.45, 2.75) is 0 Å². The van der Waals surface area contributed by atoms with Crippen LogP contribution in [0.3, 0.4) is 0 Å². The molecule has 0 atom stereocenters. The normalized spacial score (nSPS) is 10.3. The minimum Gasteiger partial charge on any atom is -0.493 e. The molecule has 29 heavy (non-hydrogen) atoms. The summed E-state index contributed by atoms with van der Waals surface area (Å²) < 4.78 is 18.2. The molecule has 3 rings (SSSR count). The second-order valence-electron chi connectivity index (χ2n) is 5.98. The third-order valence-corrected chi connectivity index (χ3v) is 4.65. The van der Waals surface area contributed by atoms with Crippen LogP contribution in [0.15, 0.2) is 49.2 Å². The van der Waals surface area contributed by atoms with Crippen molar-refractivity contribution >= 4 is 30.0 Å². The molecule has 150 valence electrons. The average molecular weight is 411 g/mol. The first-order chi connectivity index (χ1) is 14.0. The molecule has 1 heterocycles. The third kappa shape index (κ3) is 4.02. The zero-order valence-electron chi connectivity index (χ0n) is 16.3. The summed E-state index contributed by atoms with van der Waals surface area (Å²) in [5.74, 6) is 0.901. The number of hydrogen-bond donors (Lipinski definition) is 2. The monoisotopic (exact) mass is 411 g/mol. The molecule has 1 amide bonds. The van der Waals surface area contributed by atoms with E-state index >= 15 is 0 Å². The van der Waals surface area contributed by atoms with Crippen LogP contribution >= 0.6 is 12.2 Å². The molecular formula is C21H21N3O4S. The number of imidazole rings is 1. The van der Waals surface area contributed by atoms with Crippen LogP contribution < -0.4 is 19.5 Å². The Morgan fingerprint density at radius 2 is 1.79 bits per heavy atom. The minimum atomic E-state index is -0.321. The van der Waals surface area contributed by atoms with Crippen LogP contribution in [-0.2, 0) is 0 Å². The highest BCUT2D eigenvalue weighted by molar-refractivity contribution is 7.71. The van der Waals surface area contributed by atoms with Crippen molar-refractivity contribution in [3.63, 3.8) is 0 Å². The summed E-state index contributed by atoms with van der Waals surface area (Å²) in [7, 11) is 4.51. The predicted octanol–water partition coefficient (Wildman–Crippen LogP) is 4.59. The molecule has 2 aromatic carbocycles. The summed E-state index contributed by atoms with van der Waals surface area (Å²) in [6.07, 6.45) is 3.43. The second-order valence-corrected chi connectivity index (χ2v) is 6.36. The van der Waals surface area contributed by atoms with Gasteiger partial charge in [0.15, 0.2) is 16.3 Å². The highest BCUT2D eigenvalue weighted by Gasteiger charge is 2.18. The Hall–Kier alpha value is -3.52. The van der Waals surface area contributed by atoms with Gasteiger partial charge in [0.25, 0.3) is 5.91 Å². The summed E-state index contributed by atoms with van der Waals surface area (Å²) in [4.78, 5) is 16.1. The quantitative estimate of drug-likeness (QED) is 0.556. The summed E-state index contributed by atoms with van der Waals surface area (Å²) in [5, 5.41) is 2.93. The Kier molecular flexibility index (Phi) is 6.04. The first-order valence-corrected chi connectivity index (χ1v) is 9.07. The highest BCUT2D eigenvalue weighted by atomic mass is 32.1. The molecule has 0 spiro atoms. The first kappa shape index (κ1) is 20.2. The number of ether oxygens (including phenoxy) is 3. The van der Waals surface area contributed by atoms with Gasteiger partial charge in [0.05, 0.1) is 32.7 Å². The lowest BCUT2D eigenvalue weighted by molar-refractivity contribution is 0.102. The maximum absolute atomic E-state index is 12.9. The highest BCUT2D eigenvalue weighted by Crippen LogP contribution is 2.38. The number of amides is 1. The fourth-order valence-corrected chi connectivity index (χ4v) is 3.15. The fraction of sp³-hybridized carbons (Fsp3) is 0.143. The number of para-hydroxylation sites is 1. The van der Waals surface area contributed by atoms with Gasteiger partial charge in [0.2, 0.25) is 5.75 Å². The SMILES string of the molecule is C=Cn1cc(-c2ccccc2NC(=O)c2cc(OC)c(OC)c(OC)c2)[nH]c1=S. The van der Waals surface area contributed by atoms with Gasteiger partial charge in [-0.1, -0.05) is 24.8 Å². The van der Waals surface area contributed by atoms with Gasteiger partial charge in [0.1, 0.15) is 0 Å². The molecule has 1 aromatic heterocycles. The van der Waals surface area contributed by atoms with Crippen LogP contribution in [0.2, 0.25) is 0 Å². The van der Waals surface area contributed by atoms with Crippen molar-refractivity contribution in [1.29, 1.82) is 0 Å². The van der Waals surface area contributed by atoms with E-state index in [-0.39, 0.29) is 5.91 Å². The molecular weight excluding hydrogens is 390 g/mol. The number of carbonyl (C=O) groups excluding carboxylic acids is 1. The Labute approximate surface area is 173 Å². The lowest BCUT2D eigenvalue weighted by Crippen LogP contribution is -2.13. The Morgan fingerprint density at radius 3 is 2.34 bits per heavy atom. The number of benzene rings is 2. The maximum atomic E-state index is 12.9. The summed E-state index contributed by atoms with van der Waals surface area (Å²) >= 11 is 5.27. The maximum Gasteiger partial charge on any atom is 0.255 e. The van der Waals surface area contributed by atoms with Gasteiger partial charge >= 0.3 is 0 Å². The number of nitrogens with one attached hydrogen (secondary N) is 2. The van der Waals surface area contributed by atoms with Crippen molar-refractivity contribution in [3.05, 3.63) is 59.5 Å². The number of H-pyrrole nitrogens is 1. The Morgan fingerprint density at radius 1 is 1.14 bits per heavy atom. The molecule has 7 nitrogen and oxygen atoms in total. The molecule has 2 N–H and O–H groups in total. The van der Waals surface area contributed by atoms with Crippen LogP contribution in [0.5, 0.6) is 17.2 Å². The van der Waals surface area contributed by atoms with Crippen LogP contribution in [-0.4, -0.2) is 36.8 Å². The number of aromatic nitrogens is 2. The fourth-order valence-electron chi connectivity index (χ4n) is 2.92. The van der Waals surface area contributed by atoms with E-state index < -0.39 is 0 Å². The van der Waals surface area contributed by atoms with Gasteiger partial charge in [-0.05, 0) is 30.4 Å². The van der Waals surface area contributed by atoms with Crippen molar-refractivity contribution < 1.29 is 19.0 Å². The van der Waals surface area contributed by atoms with E-state index in [4.69, 9.17) is 26.4 Å². The van der Waals surface area contributed by atoms with Gasteiger partial charge in [-0.3, -0.25) is 9.36 Å². The Balaban J connectivity index is 1.98. The van der Waals surface area contributed by atoms with Crippen LogP contribution in [0, 0.1) is 4.77 Å². The zero-order valence-corrected chi connectivity index (χ0v) is 17.1. The molecule has 0 saturated carbocycles. The first-order valence-electron chi connectivity index (χ1n) is 8.66. The lowest BCUT2D eigenvalue weighted by Gasteiger charge is -2.15. The molecule has 0 fully saturated rings. The van der Waals surface area contributed by atoms with E-state index in [1.807, 2.05) is 30.5 Å². The number of carbonyl (C=O) groups is 1. The molecule has 0 saturated heterocycles. The van der Waals surface area contributed by atoms with Crippen molar-refractivity contribution in [2.24, 2.45) is 0 Å². The van der Waals surface area contributed by atoms with Gasteiger partial charge in [0, 0.05) is 23.5 Å². The van der Waals surface area contributed by atoms with Crippen molar-refractivity contribution in [2.75, 3.05) is 26.6 Å². The average Bonchev–Trinajstić information content (AvgIpc) is 3.13. The molecule has 0 aliphatic carbocycles. The van der Waals surface area contributed by atoms with E-state index in [0.29, 0.717) is 33.3 Å². The van der Waals surface area contributed by atoms with E-state index in [2.05, 4.69) is 16.9 Å². The van der Waals surface area contributed by atoms with Gasteiger partial charge in [-0.2, -0.15) is 0 Å². The topological polar surface area (TPSA) is 77.5 Å². The van der Waals surface area contributed by atoms with Gasteiger partial charge in [-0.25, -0.2) is 0 Å². The number of rotatable bonds is 7. The van der Waals surface area contributed by atoms with Crippen molar-refractivity contribution in [3.8, 4) is 28.5 Å². The van der Waals surface area contributed by atoms with Crippen LogP contribution in [0.1, 0.15) is 10.4 Å². The number of anilines is 1. The van der Waals surface area contributed by atoms with E-state index in [1.165, 1.54) is 21.3 Å². The lowest BCUT2D eigenvalue weighted by atomic mass is 10.1. The number of hydrogen-bond acceptors (Lipinski definition) is 5. The molecule has 0 radical (unpaired) electrons. The molecule has 8 heteroatoms. The smallest absolute Gasteiger partial charge is 0.255 e. The largest absolute Gasteiger partial charge is 0.493 e. The Bertz CT molecular complexity index is 1090. The van der Waals surface area contributed by atoms with E-state index in [9.17, 15) is 4.79 Å². The molecule has 0 unspecified atom stereocenters. The zero-order chi connectivity index (χ0) is 21.0. The second kappa shape index (κ2) is 8.66. The van der Waals surface area contributed by atoms with Crippen molar-refractivity contribution in [1.82, 2.24) is 9.55 Å². The standard InChI is InChI=1S/C21H21N3O4S/c1-5-24-12-16(23-21(24)29)14-8-6-7-9-15(14)22-20(25)13-10-17(26-2)19(28-4)18(11-13)27-3/h5-12H,1H2,2-4H3,(H,22,25)(H,23,29). The molecule has 0 aliphatic rings. The summed E-state index contributed by atoms with van der Waals surface area (Å²) in [5.41, 5.74) is 2.54. The molecule has 3 aromatic rings. The van der Waals surface area contributed by atoms with Crippen LogP contribution in [0.4, 0.5) is 5.69 Å². The summed E-state index contributed by atoms with van der Waals surface area (Å²) in [6.45, 7) is 3.73. The van der Waals surface area contributed by atoms with Gasteiger partial charge in [-0.15, -0.1) is 0 Å². The third-order valence-electron chi connectivity index (χ3n) is 4.33. The summed E-state index contributed by atoms with van der Waals surface area (Å²) in [6, 6.07) is 10.6. The number of methoxy groups -OCH3 is 3. The number of aromatic amines is 1. The van der Waals surface area contributed by atoms with Crippen LogP contribution in [0.25, 0.3) is 17.5 Å². The number of nitrogens with zero attached hydrogens (tertiary/aromatic N) is 1. The molecule has 0 bridgehead atoms.